The summed E-state index contributed by atoms with van der Waals surface area (Å²) in [6, 6.07) is 0. The highest BCUT2D eigenvalue weighted by atomic mass is 16.4. The summed E-state index contributed by atoms with van der Waals surface area (Å²) in [7, 11) is 0. The molecule has 172 valence electrons. The summed E-state index contributed by atoms with van der Waals surface area (Å²) < 4.78 is 0. The van der Waals surface area contributed by atoms with Crippen LogP contribution in [0.25, 0.3) is 0 Å². The number of carbonyl (C=O) groups is 1. The number of aliphatic hydroxyl groups is 3. The van der Waals surface area contributed by atoms with Gasteiger partial charge in [0.1, 0.15) is 0 Å². The number of aliphatic carboxylic acids is 1. The van der Waals surface area contributed by atoms with Gasteiger partial charge in [-0.25, -0.2) is 0 Å². The quantitative estimate of drug-likeness (QED) is 0.554. The first kappa shape index (κ1) is 22.5. The zero-order valence-electron chi connectivity index (χ0n) is 19.1. The lowest BCUT2D eigenvalue weighted by atomic mass is 9.43. The predicted molar refractivity (Wildman–Crippen MR) is 115 cm³/mol. The Morgan fingerprint density at radius 3 is 2.37 bits per heavy atom. The minimum absolute atomic E-state index is 0.0902. The van der Waals surface area contributed by atoms with Crippen LogP contribution in [0.5, 0.6) is 0 Å². The molecule has 5 heteroatoms. The molecule has 4 saturated carbocycles. The third-order valence-electron chi connectivity index (χ3n) is 10.7. The van der Waals surface area contributed by atoms with Gasteiger partial charge in [-0.05, 0) is 97.7 Å². The topological polar surface area (TPSA) is 98.0 Å². The number of rotatable bonds is 4. The molecule has 4 N–H and O–H groups in total. The first-order valence-corrected chi connectivity index (χ1v) is 12.3. The molecule has 12 atom stereocenters. The van der Waals surface area contributed by atoms with Crippen LogP contribution in [0.15, 0.2) is 0 Å². The lowest BCUT2D eigenvalue weighted by molar-refractivity contribution is -0.207. The molecule has 5 nitrogen and oxygen atoms in total. The van der Waals surface area contributed by atoms with Crippen molar-refractivity contribution in [1.82, 2.24) is 0 Å². The molecule has 0 saturated heterocycles. The molecule has 4 rings (SSSR count). The van der Waals surface area contributed by atoms with Gasteiger partial charge in [-0.3, -0.25) is 4.79 Å². The molecule has 4 aliphatic carbocycles. The average molecular weight is 423 g/mol. The second kappa shape index (κ2) is 7.74. The molecule has 0 aromatic rings. The SMILES string of the molecule is C[C@H](C[C@@H](C)[C@H]1CCC2C3C(C[C@H](O)[C@@]21C)[C@@]1(C)CC[C@@H](O)C[C@H]1C[C@H]3O)C(=O)O. The minimum atomic E-state index is -0.744. The third-order valence-corrected chi connectivity index (χ3v) is 10.7. The maximum atomic E-state index is 11.5. The van der Waals surface area contributed by atoms with Gasteiger partial charge in [0, 0.05) is 0 Å². The minimum Gasteiger partial charge on any atom is -0.481 e. The number of aliphatic hydroxyl groups excluding tert-OH is 3. The summed E-state index contributed by atoms with van der Waals surface area (Å²) in [5.74, 6) is 0.567. The van der Waals surface area contributed by atoms with Gasteiger partial charge in [0.05, 0.1) is 24.2 Å². The highest BCUT2D eigenvalue weighted by molar-refractivity contribution is 5.69. The predicted octanol–water partition coefficient (Wildman–Crippen LogP) is 3.69. The molecule has 0 aromatic carbocycles. The van der Waals surface area contributed by atoms with Crippen LogP contribution in [0, 0.1) is 52.3 Å². The highest BCUT2D eigenvalue weighted by Gasteiger charge is 2.65. The standard InChI is InChI=1S/C25H42O5/c1-13(9-14(2)23(29)30)17-5-6-18-22-19(12-21(28)25(17,18)4)24(3)8-7-16(26)10-15(24)11-20(22)27/h13-22,26-28H,5-12H2,1-4H3,(H,29,30)/t13-,14-,15+,16-,17-,18?,19?,20-,21+,22?,24+,25-/m1/s1. The van der Waals surface area contributed by atoms with Gasteiger partial charge in [-0.1, -0.05) is 27.7 Å². The Balaban J connectivity index is 1.61. The monoisotopic (exact) mass is 422 g/mol. The van der Waals surface area contributed by atoms with Crippen LogP contribution in [0.2, 0.25) is 0 Å². The van der Waals surface area contributed by atoms with E-state index in [2.05, 4.69) is 20.8 Å². The average Bonchev–Trinajstić information content (AvgIpc) is 3.02. The second-order valence-electron chi connectivity index (χ2n) is 12.0. The molecule has 0 amide bonds. The van der Waals surface area contributed by atoms with Crippen molar-refractivity contribution in [3.8, 4) is 0 Å². The maximum Gasteiger partial charge on any atom is 0.306 e. The van der Waals surface area contributed by atoms with E-state index in [1.165, 1.54) is 0 Å². The highest BCUT2D eigenvalue weighted by Crippen LogP contribution is 2.68. The summed E-state index contributed by atoms with van der Waals surface area (Å²) >= 11 is 0. The largest absolute Gasteiger partial charge is 0.481 e. The van der Waals surface area contributed by atoms with Gasteiger partial charge in [0.25, 0.3) is 0 Å². The molecule has 4 fully saturated rings. The Morgan fingerprint density at radius 2 is 1.70 bits per heavy atom. The normalized spacial score (nSPS) is 52.6. The number of carboxylic acid groups (broad SMARTS) is 1. The van der Waals surface area contributed by atoms with E-state index in [0.717, 1.165) is 44.9 Å². The molecule has 30 heavy (non-hydrogen) atoms. The van der Waals surface area contributed by atoms with Crippen molar-refractivity contribution < 1.29 is 25.2 Å². The van der Waals surface area contributed by atoms with Crippen LogP contribution in [-0.2, 0) is 4.79 Å². The van der Waals surface area contributed by atoms with Crippen LogP contribution in [0.4, 0.5) is 0 Å². The Labute approximate surface area is 181 Å². The van der Waals surface area contributed by atoms with Gasteiger partial charge in [-0.15, -0.1) is 0 Å². The number of fused-ring (bicyclic) bond motifs is 5. The maximum absolute atomic E-state index is 11.5. The van der Waals surface area contributed by atoms with Gasteiger partial charge in [0.15, 0.2) is 0 Å². The van der Waals surface area contributed by atoms with E-state index >= 15 is 0 Å². The summed E-state index contributed by atoms with van der Waals surface area (Å²) in [4.78, 5) is 11.4. The zero-order valence-corrected chi connectivity index (χ0v) is 19.1. The molecule has 4 aliphatic rings. The Kier molecular flexibility index (Phi) is 5.81. The van der Waals surface area contributed by atoms with Gasteiger partial charge < -0.3 is 20.4 Å². The van der Waals surface area contributed by atoms with Crippen molar-refractivity contribution in [3.63, 3.8) is 0 Å². The van der Waals surface area contributed by atoms with Crippen LogP contribution < -0.4 is 0 Å². The molecule has 0 aliphatic heterocycles. The summed E-state index contributed by atoms with van der Waals surface area (Å²) in [6.07, 6.45) is 5.75. The third kappa shape index (κ3) is 3.26. The fourth-order valence-electron chi connectivity index (χ4n) is 8.95. The molecule has 0 spiro atoms. The smallest absolute Gasteiger partial charge is 0.306 e. The van der Waals surface area contributed by atoms with Gasteiger partial charge in [-0.2, -0.15) is 0 Å². The van der Waals surface area contributed by atoms with Crippen molar-refractivity contribution in [2.75, 3.05) is 0 Å². The Hall–Kier alpha value is -0.650. The van der Waals surface area contributed by atoms with Crippen molar-refractivity contribution in [3.05, 3.63) is 0 Å². The fraction of sp³-hybridized carbons (Fsp3) is 0.960. The van der Waals surface area contributed by atoms with Crippen LogP contribution in [0.3, 0.4) is 0 Å². The van der Waals surface area contributed by atoms with Crippen LogP contribution >= 0.6 is 0 Å². The van der Waals surface area contributed by atoms with Crippen molar-refractivity contribution >= 4 is 5.97 Å². The number of hydrogen-bond acceptors (Lipinski definition) is 4. The number of hydrogen-bond donors (Lipinski definition) is 4. The van der Waals surface area contributed by atoms with E-state index in [1.807, 2.05) is 0 Å². The van der Waals surface area contributed by atoms with E-state index in [1.54, 1.807) is 6.92 Å². The first-order chi connectivity index (χ1) is 14.0. The van der Waals surface area contributed by atoms with Crippen LogP contribution in [-0.4, -0.2) is 44.7 Å². The zero-order chi connectivity index (χ0) is 22.0. The lowest BCUT2D eigenvalue weighted by Gasteiger charge is -2.63. The molecule has 0 radical (unpaired) electrons. The molecule has 0 heterocycles. The van der Waals surface area contributed by atoms with Crippen molar-refractivity contribution in [2.24, 2.45) is 52.3 Å². The van der Waals surface area contributed by atoms with E-state index < -0.39 is 12.1 Å². The van der Waals surface area contributed by atoms with E-state index in [4.69, 9.17) is 0 Å². The van der Waals surface area contributed by atoms with Gasteiger partial charge >= 0.3 is 5.97 Å². The van der Waals surface area contributed by atoms with E-state index in [0.29, 0.717) is 30.1 Å². The summed E-state index contributed by atoms with van der Waals surface area (Å²) in [6.45, 7) is 8.52. The molecular weight excluding hydrogens is 380 g/mol. The molecule has 3 unspecified atom stereocenters. The molecule has 0 bridgehead atoms. The van der Waals surface area contributed by atoms with Crippen molar-refractivity contribution in [1.29, 1.82) is 0 Å². The molecule has 0 aromatic heterocycles. The van der Waals surface area contributed by atoms with Gasteiger partial charge in [0.2, 0.25) is 0 Å². The first-order valence-electron chi connectivity index (χ1n) is 12.3. The fourth-order valence-corrected chi connectivity index (χ4v) is 8.95. The second-order valence-corrected chi connectivity index (χ2v) is 12.0. The Bertz CT molecular complexity index is 666. The van der Waals surface area contributed by atoms with E-state index in [9.17, 15) is 25.2 Å². The lowest BCUT2D eigenvalue weighted by Crippen LogP contribution is -2.62. The summed E-state index contributed by atoms with van der Waals surface area (Å²) in [5, 5.41) is 42.4. The number of carboxylic acids is 1. The van der Waals surface area contributed by atoms with Crippen LogP contribution in [0.1, 0.15) is 79.1 Å². The van der Waals surface area contributed by atoms with Crippen molar-refractivity contribution in [2.45, 2.75) is 97.4 Å². The summed E-state index contributed by atoms with van der Waals surface area (Å²) in [5.41, 5.74) is -0.163. The Morgan fingerprint density at radius 1 is 1.00 bits per heavy atom. The van der Waals surface area contributed by atoms with E-state index in [-0.39, 0.29) is 40.8 Å². The molecular formula is C25H42O5.